The predicted molar refractivity (Wildman–Crippen MR) is 96.0 cm³/mol. The van der Waals surface area contributed by atoms with Gasteiger partial charge in [-0.25, -0.2) is 9.67 Å². The molecule has 0 bridgehead atoms. The van der Waals surface area contributed by atoms with E-state index in [0.29, 0.717) is 24.8 Å². The molecule has 4 heterocycles. The Hall–Kier alpha value is -2.78. The molecule has 1 fully saturated rings. The van der Waals surface area contributed by atoms with Crippen molar-refractivity contribution in [2.45, 2.75) is 12.1 Å². The van der Waals surface area contributed by atoms with Gasteiger partial charge >= 0.3 is 0 Å². The maximum atomic E-state index is 6.05. The van der Waals surface area contributed by atoms with Crippen LogP contribution in [0.3, 0.4) is 0 Å². The smallest absolute Gasteiger partial charge is 0.173 e. The molecule has 0 aromatic carbocycles. The van der Waals surface area contributed by atoms with E-state index >= 15 is 0 Å². The number of nitrogens with one attached hydrogen (secondary N) is 1. The zero-order valence-corrected chi connectivity index (χ0v) is 14.9. The van der Waals surface area contributed by atoms with Crippen LogP contribution in [0.1, 0.15) is 11.7 Å². The third kappa shape index (κ3) is 3.31. The molecule has 0 spiro atoms. The molecule has 1 aliphatic heterocycles. The minimum atomic E-state index is -0.0145. The van der Waals surface area contributed by atoms with Crippen LogP contribution in [0.4, 0.5) is 5.82 Å². The van der Waals surface area contributed by atoms with E-state index in [-0.39, 0.29) is 12.1 Å². The van der Waals surface area contributed by atoms with Crippen molar-refractivity contribution in [3.63, 3.8) is 0 Å². The third-order valence-corrected chi connectivity index (χ3v) is 4.61. The Morgan fingerprint density at radius 2 is 2.15 bits per heavy atom. The maximum Gasteiger partial charge on any atom is 0.173 e. The standard InChI is InChI=1S/C17H22N8O/c1-23-8-9-26-14(17(23)13-4-6-20-24(13)2)10-19-15-11-18-12-16(22-15)25-7-3-5-21-25/h3-7,11-12,14,17H,8-10H2,1-2H3,(H,19,22)/t14-,17-/m0/s1. The number of aryl methyl sites for hydroxylation is 1. The van der Waals surface area contributed by atoms with Crippen molar-refractivity contribution in [2.75, 3.05) is 32.1 Å². The molecular weight excluding hydrogens is 332 g/mol. The summed E-state index contributed by atoms with van der Waals surface area (Å²) in [5.74, 6) is 1.36. The largest absolute Gasteiger partial charge is 0.373 e. The van der Waals surface area contributed by atoms with Crippen LogP contribution in [-0.2, 0) is 11.8 Å². The van der Waals surface area contributed by atoms with Gasteiger partial charge in [-0.3, -0.25) is 14.6 Å². The molecule has 3 aromatic heterocycles. The number of likely N-dealkylation sites (N-methyl/N-ethyl adjacent to an activating group) is 1. The highest BCUT2D eigenvalue weighted by molar-refractivity contribution is 5.36. The fraction of sp³-hybridized carbons (Fsp3) is 0.412. The topological polar surface area (TPSA) is 85.9 Å². The number of hydrogen-bond acceptors (Lipinski definition) is 7. The first-order valence-electron chi connectivity index (χ1n) is 8.58. The lowest BCUT2D eigenvalue weighted by molar-refractivity contribution is -0.0581. The summed E-state index contributed by atoms with van der Waals surface area (Å²) in [4.78, 5) is 11.1. The van der Waals surface area contributed by atoms with Crippen molar-refractivity contribution in [2.24, 2.45) is 7.05 Å². The number of anilines is 1. The van der Waals surface area contributed by atoms with Crippen LogP contribution >= 0.6 is 0 Å². The summed E-state index contributed by atoms with van der Waals surface area (Å²) >= 11 is 0. The molecule has 9 heteroatoms. The Balaban J connectivity index is 1.49. The molecule has 4 rings (SSSR count). The number of hydrogen-bond donors (Lipinski definition) is 1. The van der Waals surface area contributed by atoms with Crippen LogP contribution in [0, 0.1) is 0 Å². The Kier molecular flexibility index (Phi) is 4.63. The van der Waals surface area contributed by atoms with E-state index in [1.54, 1.807) is 23.3 Å². The summed E-state index contributed by atoms with van der Waals surface area (Å²) in [5, 5.41) is 11.8. The second-order valence-electron chi connectivity index (χ2n) is 6.31. The average molecular weight is 354 g/mol. The third-order valence-electron chi connectivity index (χ3n) is 4.61. The van der Waals surface area contributed by atoms with Crippen molar-refractivity contribution < 1.29 is 4.74 Å². The lowest BCUT2D eigenvalue weighted by Crippen LogP contribution is -2.46. The molecule has 26 heavy (non-hydrogen) atoms. The van der Waals surface area contributed by atoms with E-state index in [0.717, 1.165) is 12.2 Å². The Bertz CT molecular complexity index is 846. The van der Waals surface area contributed by atoms with E-state index in [4.69, 9.17) is 4.74 Å². The molecular formula is C17H22N8O. The van der Waals surface area contributed by atoms with E-state index in [1.165, 1.54) is 0 Å². The van der Waals surface area contributed by atoms with Gasteiger partial charge in [0.1, 0.15) is 5.82 Å². The first-order valence-corrected chi connectivity index (χ1v) is 8.58. The highest BCUT2D eigenvalue weighted by Gasteiger charge is 2.33. The molecule has 9 nitrogen and oxygen atoms in total. The van der Waals surface area contributed by atoms with E-state index in [1.807, 2.05) is 36.3 Å². The van der Waals surface area contributed by atoms with Gasteiger partial charge in [-0.05, 0) is 19.2 Å². The molecule has 136 valence electrons. The van der Waals surface area contributed by atoms with Crippen LogP contribution in [0.5, 0.6) is 0 Å². The summed E-state index contributed by atoms with van der Waals surface area (Å²) in [6, 6.07) is 4.03. The zero-order chi connectivity index (χ0) is 17.9. The summed E-state index contributed by atoms with van der Waals surface area (Å²) in [6.07, 6.45) is 8.75. The normalized spacial score (nSPS) is 21.0. The first kappa shape index (κ1) is 16.7. The molecule has 0 radical (unpaired) electrons. The molecule has 0 aliphatic carbocycles. The van der Waals surface area contributed by atoms with Gasteiger partial charge in [-0.2, -0.15) is 10.2 Å². The molecule has 3 aromatic rings. The van der Waals surface area contributed by atoms with Crippen LogP contribution < -0.4 is 5.32 Å². The summed E-state index contributed by atoms with van der Waals surface area (Å²) in [7, 11) is 4.08. The zero-order valence-electron chi connectivity index (χ0n) is 14.9. The van der Waals surface area contributed by atoms with Crippen molar-refractivity contribution in [1.29, 1.82) is 0 Å². The van der Waals surface area contributed by atoms with Gasteiger partial charge in [-0.15, -0.1) is 0 Å². The van der Waals surface area contributed by atoms with Gasteiger partial charge in [0, 0.05) is 38.7 Å². The van der Waals surface area contributed by atoms with Crippen LogP contribution in [0.15, 0.2) is 43.1 Å². The fourth-order valence-electron chi connectivity index (χ4n) is 3.28. The number of aromatic nitrogens is 6. The van der Waals surface area contributed by atoms with Gasteiger partial charge < -0.3 is 10.1 Å². The Morgan fingerprint density at radius 3 is 2.92 bits per heavy atom. The number of rotatable bonds is 5. The molecule has 1 saturated heterocycles. The molecule has 0 unspecified atom stereocenters. The van der Waals surface area contributed by atoms with Gasteiger partial charge in [0.05, 0.1) is 36.8 Å². The molecule has 1 aliphatic rings. The van der Waals surface area contributed by atoms with Crippen LogP contribution in [-0.4, -0.2) is 67.3 Å². The lowest BCUT2D eigenvalue weighted by atomic mass is 10.0. The quantitative estimate of drug-likeness (QED) is 0.728. The molecule has 0 amide bonds. The Morgan fingerprint density at radius 1 is 1.23 bits per heavy atom. The minimum absolute atomic E-state index is 0.0145. The highest BCUT2D eigenvalue weighted by atomic mass is 16.5. The fourth-order valence-corrected chi connectivity index (χ4v) is 3.28. The monoisotopic (exact) mass is 354 g/mol. The van der Waals surface area contributed by atoms with Gasteiger partial charge in [0.15, 0.2) is 5.82 Å². The van der Waals surface area contributed by atoms with Gasteiger partial charge in [0.2, 0.25) is 0 Å². The Labute approximate surface area is 151 Å². The second kappa shape index (κ2) is 7.22. The SMILES string of the molecule is CN1CCO[C@@H](CNc2cncc(-n3cccn3)n2)[C@@H]1c1ccnn1C. The van der Waals surface area contributed by atoms with Crippen molar-refractivity contribution in [3.05, 3.63) is 48.8 Å². The average Bonchev–Trinajstić information content (AvgIpc) is 3.32. The minimum Gasteiger partial charge on any atom is -0.373 e. The van der Waals surface area contributed by atoms with Crippen molar-refractivity contribution in [3.8, 4) is 5.82 Å². The van der Waals surface area contributed by atoms with E-state index < -0.39 is 0 Å². The number of ether oxygens (including phenoxy) is 1. The summed E-state index contributed by atoms with van der Waals surface area (Å²) in [6.45, 7) is 2.22. The van der Waals surface area contributed by atoms with E-state index in [2.05, 4.69) is 37.4 Å². The molecule has 1 N–H and O–H groups in total. The van der Waals surface area contributed by atoms with Crippen molar-refractivity contribution >= 4 is 5.82 Å². The molecule has 0 saturated carbocycles. The van der Waals surface area contributed by atoms with E-state index in [9.17, 15) is 0 Å². The van der Waals surface area contributed by atoms with Crippen molar-refractivity contribution in [1.82, 2.24) is 34.4 Å². The van der Waals surface area contributed by atoms with Gasteiger partial charge in [-0.1, -0.05) is 0 Å². The summed E-state index contributed by atoms with van der Waals surface area (Å²) < 4.78 is 9.64. The maximum absolute atomic E-state index is 6.05. The van der Waals surface area contributed by atoms with Crippen LogP contribution in [0.25, 0.3) is 5.82 Å². The number of morpholine rings is 1. The van der Waals surface area contributed by atoms with Crippen LogP contribution in [0.2, 0.25) is 0 Å². The van der Waals surface area contributed by atoms with Gasteiger partial charge in [0.25, 0.3) is 0 Å². The predicted octanol–water partition coefficient (Wildman–Crippen LogP) is 0.880. The summed E-state index contributed by atoms with van der Waals surface area (Å²) in [5.41, 5.74) is 1.13. The second-order valence-corrected chi connectivity index (χ2v) is 6.31. The highest BCUT2D eigenvalue weighted by Crippen LogP contribution is 2.28. The molecule has 2 atom stereocenters. The number of nitrogens with zero attached hydrogens (tertiary/aromatic N) is 7. The lowest BCUT2D eigenvalue weighted by Gasteiger charge is -2.39. The first-order chi connectivity index (χ1) is 12.7.